The molecule has 2 aromatic rings. The average Bonchev–Trinajstić information content (AvgIpc) is 2.94. The van der Waals surface area contributed by atoms with Gasteiger partial charge in [-0.1, -0.05) is 5.16 Å². The summed E-state index contributed by atoms with van der Waals surface area (Å²) in [5.41, 5.74) is 5.50. The Morgan fingerprint density at radius 1 is 1.47 bits per heavy atom. The van der Waals surface area contributed by atoms with E-state index in [-0.39, 0.29) is 24.0 Å². The molecule has 0 aliphatic carbocycles. The van der Waals surface area contributed by atoms with Crippen molar-refractivity contribution in [2.75, 3.05) is 6.54 Å². The van der Waals surface area contributed by atoms with E-state index in [1.165, 1.54) is 12.3 Å². The van der Waals surface area contributed by atoms with Crippen LogP contribution in [-0.2, 0) is 0 Å². The van der Waals surface area contributed by atoms with Gasteiger partial charge in [-0.2, -0.15) is 0 Å². The van der Waals surface area contributed by atoms with Crippen LogP contribution in [0.4, 0.5) is 0 Å². The van der Waals surface area contributed by atoms with Crippen LogP contribution in [-0.4, -0.2) is 23.1 Å². The number of nitrogens with zero attached hydrogens (tertiary/aromatic N) is 1. The monoisotopic (exact) mass is 285 g/mol. The Hall–Kier alpha value is -1.79. The van der Waals surface area contributed by atoms with Gasteiger partial charge >= 0.3 is 0 Å². The lowest BCUT2D eigenvalue weighted by Crippen LogP contribution is -2.45. The average molecular weight is 286 g/mol. The van der Waals surface area contributed by atoms with Crippen molar-refractivity contribution < 1.29 is 13.7 Å². The Balaban J connectivity index is 0.00000180. The van der Waals surface area contributed by atoms with Crippen LogP contribution >= 0.6 is 12.4 Å². The van der Waals surface area contributed by atoms with Gasteiger partial charge in [0.1, 0.15) is 0 Å². The highest BCUT2D eigenvalue weighted by Crippen LogP contribution is 2.20. The number of furan rings is 1. The molecule has 2 heterocycles. The van der Waals surface area contributed by atoms with E-state index in [0.29, 0.717) is 18.1 Å². The second kappa shape index (κ2) is 5.90. The molecule has 3 N–H and O–H groups in total. The van der Waals surface area contributed by atoms with Crippen molar-refractivity contribution in [1.29, 1.82) is 0 Å². The Morgan fingerprint density at radius 2 is 2.21 bits per heavy atom. The maximum atomic E-state index is 11.8. The van der Waals surface area contributed by atoms with E-state index in [4.69, 9.17) is 14.7 Å². The summed E-state index contributed by atoms with van der Waals surface area (Å²) in [4.78, 5) is 11.8. The van der Waals surface area contributed by atoms with Gasteiger partial charge in [-0.05, 0) is 26.0 Å². The Morgan fingerprint density at radius 3 is 2.79 bits per heavy atom. The van der Waals surface area contributed by atoms with Gasteiger partial charge in [-0.25, -0.2) is 0 Å². The highest BCUT2D eigenvalue weighted by atomic mass is 35.5. The van der Waals surface area contributed by atoms with Gasteiger partial charge in [0.25, 0.3) is 5.91 Å². The molecule has 0 saturated heterocycles. The molecule has 0 atom stereocenters. The molecular formula is C12H16ClN3O3. The quantitative estimate of drug-likeness (QED) is 0.893. The molecule has 19 heavy (non-hydrogen) atoms. The lowest BCUT2D eigenvalue weighted by molar-refractivity contribution is 0.0937. The lowest BCUT2D eigenvalue weighted by Gasteiger charge is -2.18. The fourth-order valence-corrected chi connectivity index (χ4v) is 1.32. The third-order valence-electron chi connectivity index (χ3n) is 2.21. The number of nitrogens with one attached hydrogen (secondary N) is 1. The lowest BCUT2D eigenvalue weighted by atomic mass is 10.1. The molecule has 6 nitrogen and oxygen atoms in total. The normalized spacial score (nSPS) is 10.9. The number of nitrogens with two attached hydrogens (primary N) is 1. The Bertz CT molecular complexity index is 529. The van der Waals surface area contributed by atoms with Gasteiger partial charge in [-0.3, -0.25) is 4.79 Å². The standard InChI is InChI=1S/C12H15N3O3.ClH/c1-12(2,13)7-14-11(16)8-6-10(18-15-8)9-4-3-5-17-9;/h3-6H,7,13H2,1-2H3,(H,14,16);1H. The van der Waals surface area contributed by atoms with E-state index in [2.05, 4.69) is 10.5 Å². The van der Waals surface area contributed by atoms with Crippen molar-refractivity contribution in [1.82, 2.24) is 10.5 Å². The summed E-state index contributed by atoms with van der Waals surface area (Å²) in [5, 5.41) is 6.37. The van der Waals surface area contributed by atoms with Crippen LogP contribution in [0.2, 0.25) is 0 Å². The largest absolute Gasteiger partial charge is 0.461 e. The van der Waals surface area contributed by atoms with Gasteiger partial charge < -0.3 is 20.0 Å². The van der Waals surface area contributed by atoms with E-state index < -0.39 is 5.54 Å². The van der Waals surface area contributed by atoms with E-state index in [0.717, 1.165) is 0 Å². The molecule has 0 aliphatic rings. The number of halogens is 1. The summed E-state index contributed by atoms with van der Waals surface area (Å²) in [5.74, 6) is 0.618. The molecule has 0 aliphatic heterocycles. The fraction of sp³-hybridized carbons (Fsp3) is 0.333. The second-order valence-corrected chi connectivity index (χ2v) is 4.72. The number of hydrogen-bond donors (Lipinski definition) is 2. The summed E-state index contributed by atoms with van der Waals surface area (Å²) in [6.45, 7) is 4.00. The van der Waals surface area contributed by atoms with Gasteiger partial charge in [0.05, 0.1) is 6.26 Å². The molecule has 0 unspecified atom stereocenters. The molecule has 1 amide bonds. The highest BCUT2D eigenvalue weighted by Gasteiger charge is 2.17. The van der Waals surface area contributed by atoms with E-state index >= 15 is 0 Å². The second-order valence-electron chi connectivity index (χ2n) is 4.72. The van der Waals surface area contributed by atoms with Crippen LogP contribution in [0.3, 0.4) is 0 Å². The van der Waals surface area contributed by atoms with Gasteiger partial charge in [0.15, 0.2) is 11.5 Å². The van der Waals surface area contributed by atoms with Gasteiger partial charge in [0.2, 0.25) is 5.76 Å². The van der Waals surface area contributed by atoms with Crippen molar-refractivity contribution in [3.63, 3.8) is 0 Å². The minimum atomic E-state index is -0.469. The summed E-state index contributed by atoms with van der Waals surface area (Å²) in [6.07, 6.45) is 1.52. The minimum absolute atomic E-state index is 0. The van der Waals surface area contributed by atoms with E-state index in [9.17, 15) is 4.79 Å². The predicted molar refractivity (Wildman–Crippen MR) is 72.1 cm³/mol. The Labute approximate surface area is 116 Å². The molecule has 0 aromatic carbocycles. The highest BCUT2D eigenvalue weighted by molar-refractivity contribution is 5.92. The summed E-state index contributed by atoms with van der Waals surface area (Å²) >= 11 is 0. The van der Waals surface area contributed by atoms with Crippen LogP contribution in [0.25, 0.3) is 11.5 Å². The number of hydrogen-bond acceptors (Lipinski definition) is 5. The van der Waals surface area contributed by atoms with Crippen molar-refractivity contribution >= 4 is 18.3 Å². The van der Waals surface area contributed by atoms with Crippen LogP contribution < -0.4 is 11.1 Å². The van der Waals surface area contributed by atoms with Gasteiger partial charge in [-0.15, -0.1) is 12.4 Å². The van der Waals surface area contributed by atoms with Gasteiger partial charge in [0, 0.05) is 18.2 Å². The topological polar surface area (TPSA) is 94.3 Å². The smallest absolute Gasteiger partial charge is 0.273 e. The zero-order valence-corrected chi connectivity index (χ0v) is 11.5. The zero-order valence-electron chi connectivity index (χ0n) is 10.7. The third-order valence-corrected chi connectivity index (χ3v) is 2.21. The molecule has 7 heteroatoms. The zero-order chi connectivity index (χ0) is 13.2. The molecule has 0 saturated carbocycles. The molecule has 0 radical (unpaired) electrons. The maximum Gasteiger partial charge on any atom is 0.273 e. The summed E-state index contributed by atoms with van der Waals surface area (Å²) in [7, 11) is 0. The first-order chi connectivity index (χ1) is 8.46. The molecule has 2 aromatic heterocycles. The van der Waals surface area contributed by atoms with Crippen LogP contribution in [0.5, 0.6) is 0 Å². The summed E-state index contributed by atoms with van der Waals surface area (Å²) < 4.78 is 10.2. The molecule has 0 bridgehead atoms. The molecule has 0 spiro atoms. The number of carbonyl (C=O) groups excluding carboxylic acids is 1. The third kappa shape index (κ3) is 4.11. The van der Waals surface area contributed by atoms with Crippen molar-refractivity contribution in [3.8, 4) is 11.5 Å². The van der Waals surface area contributed by atoms with Crippen molar-refractivity contribution in [2.45, 2.75) is 19.4 Å². The first-order valence-electron chi connectivity index (χ1n) is 5.53. The van der Waals surface area contributed by atoms with Crippen LogP contribution in [0, 0.1) is 0 Å². The van der Waals surface area contributed by atoms with Crippen molar-refractivity contribution in [2.24, 2.45) is 5.73 Å². The molecule has 0 fully saturated rings. The minimum Gasteiger partial charge on any atom is -0.461 e. The van der Waals surface area contributed by atoms with E-state index in [1.54, 1.807) is 12.1 Å². The summed E-state index contributed by atoms with van der Waals surface area (Å²) in [6, 6.07) is 4.98. The molecule has 2 rings (SSSR count). The predicted octanol–water partition coefficient (Wildman–Crippen LogP) is 1.82. The Kier molecular flexibility index (Phi) is 4.74. The number of aromatic nitrogens is 1. The van der Waals surface area contributed by atoms with Crippen LogP contribution in [0.15, 0.2) is 33.4 Å². The first-order valence-corrected chi connectivity index (χ1v) is 5.53. The molecular weight excluding hydrogens is 270 g/mol. The first kappa shape index (κ1) is 15.3. The number of rotatable bonds is 4. The molecule has 104 valence electrons. The maximum absolute atomic E-state index is 11.8. The fourth-order valence-electron chi connectivity index (χ4n) is 1.32. The SMILES string of the molecule is CC(C)(N)CNC(=O)c1cc(-c2ccco2)on1.Cl. The van der Waals surface area contributed by atoms with Crippen molar-refractivity contribution in [3.05, 3.63) is 30.2 Å². The number of amides is 1. The van der Waals surface area contributed by atoms with Crippen LogP contribution in [0.1, 0.15) is 24.3 Å². The van der Waals surface area contributed by atoms with E-state index in [1.807, 2.05) is 13.8 Å². The number of carbonyl (C=O) groups is 1.